The summed E-state index contributed by atoms with van der Waals surface area (Å²) in [6, 6.07) is 1.82. The lowest BCUT2D eigenvalue weighted by atomic mass is 10.0. The molecule has 3 N–H and O–H groups in total. The summed E-state index contributed by atoms with van der Waals surface area (Å²) in [6.07, 6.45) is -0.615. The van der Waals surface area contributed by atoms with Gasteiger partial charge in [0.2, 0.25) is 0 Å². The fourth-order valence-electron chi connectivity index (χ4n) is 1.39. The molecule has 0 radical (unpaired) electrons. The average Bonchev–Trinajstić information content (AvgIpc) is 2.34. The topological polar surface area (TPSA) is 90.3 Å². The third-order valence-electron chi connectivity index (χ3n) is 2.12. The van der Waals surface area contributed by atoms with E-state index in [-0.39, 0.29) is 12.0 Å². The second-order valence-electron chi connectivity index (χ2n) is 2.97. The van der Waals surface area contributed by atoms with Crippen molar-refractivity contribution in [3.8, 4) is 6.07 Å². The first-order chi connectivity index (χ1) is 5.65. The summed E-state index contributed by atoms with van der Waals surface area (Å²) < 4.78 is 0. The van der Waals surface area contributed by atoms with E-state index in [1.54, 1.807) is 0 Å². The van der Waals surface area contributed by atoms with Crippen molar-refractivity contribution < 1.29 is 9.90 Å². The van der Waals surface area contributed by atoms with Crippen molar-refractivity contribution in [2.75, 3.05) is 13.1 Å². The van der Waals surface area contributed by atoms with Crippen LogP contribution in [-0.4, -0.2) is 35.2 Å². The standard InChI is InChI=1S/C7H11N3O2/c8-2-1-5-3-10(7(11)12)4-6(5)9/h5-6H,1,3-4,9H2,(H,11,12)/t5-,6+/m1/s1. The van der Waals surface area contributed by atoms with Crippen LogP contribution in [0.2, 0.25) is 0 Å². The van der Waals surface area contributed by atoms with Crippen LogP contribution in [0.15, 0.2) is 0 Å². The molecule has 5 nitrogen and oxygen atoms in total. The van der Waals surface area contributed by atoms with E-state index in [4.69, 9.17) is 16.1 Å². The molecule has 12 heavy (non-hydrogen) atoms. The van der Waals surface area contributed by atoms with E-state index in [0.29, 0.717) is 19.5 Å². The van der Waals surface area contributed by atoms with Crippen molar-refractivity contribution in [2.24, 2.45) is 11.7 Å². The van der Waals surface area contributed by atoms with Crippen LogP contribution in [0.25, 0.3) is 0 Å². The third kappa shape index (κ3) is 1.66. The van der Waals surface area contributed by atoms with Gasteiger partial charge in [-0.05, 0) is 0 Å². The van der Waals surface area contributed by atoms with Crippen LogP contribution < -0.4 is 5.73 Å². The molecule has 0 unspecified atom stereocenters. The molecular weight excluding hydrogens is 158 g/mol. The minimum absolute atomic E-state index is 0.00565. The number of nitriles is 1. The number of amides is 1. The van der Waals surface area contributed by atoms with Crippen molar-refractivity contribution in [3.63, 3.8) is 0 Å². The zero-order valence-corrected chi connectivity index (χ0v) is 6.60. The molecule has 0 aromatic carbocycles. The maximum absolute atomic E-state index is 10.5. The molecule has 1 aliphatic heterocycles. The first kappa shape index (κ1) is 8.81. The molecule has 0 bridgehead atoms. The number of hydrogen-bond acceptors (Lipinski definition) is 3. The summed E-state index contributed by atoms with van der Waals surface area (Å²) in [7, 11) is 0. The second-order valence-corrected chi connectivity index (χ2v) is 2.97. The Morgan fingerprint density at radius 3 is 2.83 bits per heavy atom. The zero-order valence-electron chi connectivity index (χ0n) is 6.60. The van der Waals surface area contributed by atoms with E-state index in [1.165, 1.54) is 4.90 Å². The largest absolute Gasteiger partial charge is 0.465 e. The Morgan fingerprint density at radius 2 is 2.42 bits per heavy atom. The van der Waals surface area contributed by atoms with Crippen LogP contribution in [-0.2, 0) is 0 Å². The lowest BCUT2D eigenvalue weighted by molar-refractivity contribution is 0.154. The minimum atomic E-state index is -0.953. The zero-order chi connectivity index (χ0) is 9.14. The monoisotopic (exact) mass is 169 g/mol. The molecule has 0 aromatic rings. The van der Waals surface area contributed by atoms with E-state index in [2.05, 4.69) is 0 Å². The molecule has 0 saturated carbocycles. The van der Waals surface area contributed by atoms with Crippen molar-refractivity contribution in [3.05, 3.63) is 0 Å². The first-order valence-electron chi connectivity index (χ1n) is 3.75. The number of carbonyl (C=O) groups is 1. The van der Waals surface area contributed by atoms with Crippen molar-refractivity contribution in [2.45, 2.75) is 12.5 Å². The van der Waals surface area contributed by atoms with Crippen molar-refractivity contribution in [1.82, 2.24) is 4.90 Å². The molecule has 1 rings (SSSR count). The molecular formula is C7H11N3O2. The van der Waals surface area contributed by atoms with E-state index in [0.717, 1.165) is 0 Å². The number of hydrogen-bond donors (Lipinski definition) is 2. The third-order valence-corrected chi connectivity index (χ3v) is 2.12. The van der Waals surface area contributed by atoms with Gasteiger partial charge >= 0.3 is 6.09 Å². The van der Waals surface area contributed by atoms with Gasteiger partial charge in [-0.1, -0.05) is 0 Å². The highest BCUT2D eigenvalue weighted by Crippen LogP contribution is 2.17. The van der Waals surface area contributed by atoms with Gasteiger partial charge in [-0.15, -0.1) is 0 Å². The lowest BCUT2D eigenvalue weighted by Gasteiger charge is -2.09. The van der Waals surface area contributed by atoms with Gasteiger partial charge in [-0.2, -0.15) is 5.26 Å². The SMILES string of the molecule is N#CC[C@@H]1CN(C(=O)O)C[C@@H]1N. The molecule has 66 valence electrons. The van der Waals surface area contributed by atoms with E-state index in [1.807, 2.05) is 6.07 Å². The Labute approximate surface area is 70.4 Å². The average molecular weight is 169 g/mol. The molecule has 1 fully saturated rings. The fourth-order valence-corrected chi connectivity index (χ4v) is 1.39. The van der Waals surface area contributed by atoms with E-state index < -0.39 is 6.09 Å². The Hall–Kier alpha value is -1.28. The maximum atomic E-state index is 10.5. The first-order valence-corrected chi connectivity index (χ1v) is 3.75. The van der Waals surface area contributed by atoms with Crippen LogP contribution in [0.3, 0.4) is 0 Å². The van der Waals surface area contributed by atoms with E-state index in [9.17, 15) is 4.79 Å². The highest BCUT2D eigenvalue weighted by Gasteiger charge is 2.32. The Morgan fingerprint density at radius 1 is 1.75 bits per heavy atom. The predicted molar refractivity (Wildman–Crippen MR) is 41.3 cm³/mol. The molecule has 5 heteroatoms. The summed E-state index contributed by atoms with van der Waals surface area (Å²) in [5.74, 6) is 0.00565. The molecule has 1 amide bonds. The number of likely N-dealkylation sites (tertiary alicyclic amines) is 1. The van der Waals surface area contributed by atoms with E-state index >= 15 is 0 Å². The molecule has 0 aromatic heterocycles. The van der Waals surface area contributed by atoms with Crippen LogP contribution in [0, 0.1) is 17.2 Å². The summed E-state index contributed by atoms with van der Waals surface area (Å²) in [5.41, 5.74) is 5.64. The summed E-state index contributed by atoms with van der Waals surface area (Å²) in [4.78, 5) is 11.7. The molecule has 2 atom stereocenters. The van der Waals surface area contributed by atoms with Gasteiger partial charge in [0.1, 0.15) is 0 Å². The van der Waals surface area contributed by atoms with Gasteiger partial charge in [0.15, 0.2) is 0 Å². The lowest BCUT2D eigenvalue weighted by Crippen LogP contribution is -2.31. The number of rotatable bonds is 1. The number of nitrogens with two attached hydrogens (primary N) is 1. The van der Waals surface area contributed by atoms with Crippen LogP contribution in [0.5, 0.6) is 0 Å². The van der Waals surface area contributed by atoms with Gasteiger partial charge in [0.05, 0.1) is 6.07 Å². The smallest absolute Gasteiger partial charge is 0.407 e. The molecule has 1 heterocycles. The van der Waals surface area contributed by atoms with Gasteiger partial charge in [0.25, 0.3) is 0 Å². The fraction of sp³-hybridized carbons (Fsp3) is 0.714. The predicted octanol–water partition coefficient (Wildman–Crippen LogP) is -0.163. The number of nitrogens with zero attached hydrogens (tertiary/aromatic N) is 2. The normalized spacial score (nSPS) is 28.5. The van der Waals surface area contributed by atoms with Crippen LogP contribution >= 0.6 is 0 Å². The summed E-state index contributed by atoms with van der Waals surface area (Å²) >= 11 is 0. The van der Waals surface area contributed by atoms with Gasteiger partial charge in [-0.3, -0.25) is 0 Å². The highest BCUT2D eigenvalue weighted by molar-refractivity contribution is 5.65. The Balaban J connectivity index is 2.51. The minimum Gasteiger partial charge on any atom is -0.465 e. The summed E-state index contributed by atoms with van der Waals surface area (Å²) in [5, 5.41) is 17.0. The van der Waals surface area contributed by atoms with Gasteiger partial charge in [-0.25, -0.2) is 4.79 Å². The molecule has 1 saturated heterocycles. The van der Waals surface area contributed by atoms with Crippen molar-refractivity contribution >= 4 is 6.09 Å². The quantitative estimate of drug-likeness (QED) is 0.570. The van der Waals surface area contributed by atoms with Gasteiger partial charge in [0, 0.05) is 31.5 Å². The van der Waals surface area contributed by atoms with Gasteiger partial charge < -0.3 is 15.7 Å². The van der Waals surface area contributed by atoms with Crippen LogP contribution in [0.1, 0.15) is 6.42 Å². The Bertz CT molecular complexity index is 223. The molecule has 1 aliphatic rings. The Kier molecular flexibility index (Phi) is 2.51. The number of carboxylic acid groups (broad SMARTS) is 1. The second kappa shape index (κ2) is 3.41. The molecule has 0 spiro atoms. The summed E-state index contributed by atoms with van der Waals surface area (Å²) in [6.45, 7) is 0.742. The highest BCUT2D eigenvalue weighted by atomic mass is 16.4. The van der Waals surface area contributed by atoms with Crippen LogP contribution in [0.4, 0.5) is 4.79 Å². The maximum Gasteiger partial charge on any atom is 0.407 e. The molecule has 0 aliphatic carbocycles. The van der Waals surface area contributed by atoms with Crippen molar-refractivity contribution in [1.29, 1.82) is 5.26 Å².